The van der Waals surface area contributed by atoms with Crippen molar-refractivity contribution in [3.05, 3.63) is 61.3 Å². The molecule has 1 aromatic carbocycles. The quantitative estimate of drug-likeness (QED) is 0.406. The van der Waals surface area contributed by atoms with Gasteiger partial charge in [-0.2, -0.15) is 0 Å². The maximum absolute atomic E-state index is 11.4. The van der Waals surface area contributed by atoms with Gasteiger partial charge in [0, 0.05) is 30.3 Å². The fraction of sp³-hybridized carbons (Fsp3) is 0.348. The summed E-state index contributed by atoms with van der Waals surface area (Å²) in [5, 5.41) is 21.6. The van der Waals surface area contributed by atoms with Crippen LogP contribution in [0.2, 0.25) is 0 Å². The van der Waals surface area contributed by atoms with Gasteiger partial charge < -0.3 is 20.4 Å². The number of aliphatic hydroxyl groups is 1. The van der Waals surface area contributed by atoms with Crippen molar-refractivity contribution in [2.75, 3.05) is 18.0 Å². The zero-order chi connectivity index (χ0) is 22.1. The van der Waals surface area contributed by atoms with Gasteiger partial charge in [0.15, 0.2) is 0 Å². The van der Waals surface area contributed by atoms with Gasteiger partial charge in [0.25, 0.3) is 0 Å². The van der Waals surface area contributed by atoms with Crippen LogP contribution in [0.15, 0.2) is 60.8 Å². The van der Waals surface area contributed by atoms with Gasteiger partial charge in [-0.05, 0) is 30.3 Å². The number of amides is 1. The Balaban J connectivity index is 2.01. The number of rotatable bonds is 10. The smallest absolute Gasteiger partial charge is 0.326 e. The number of nitrogens with zero attached hydrogens (tertiary/aromatic N) is 2. The number of aliphatic hydroxyl groups excluding tert-OH is 1. The molecule has 0 bridgehead atoms. The molecule has 30 heavy (non-hydrogen) atoms. The monoisotopic (exact) mass is 411 g/mol. The number of hydrogen-bond acceptors (Lipinski definition) is 5. The number of benzene rings is 1. The van der Waals surface area contributed by atoms with E-state index in [0.717, 1.165) is 11.3 Å². The van der Waals surface area contributed by atoms with Gasteiger partial charge in [-0.25, -0.2) is 4.79 Å². The molecule has 1 amide bonds. The highest BCUT2D eigenvalue weighted by atomic mass is 16.4. The van der Waals surface area contributed by atoms with Crippen LogP contribution < -0.4 is 10.2 Å². The fourth-order valence-corrected chi connectivity index (χ4v) is 3.18. The Morgan fingerprint density at radius 2 is 2.03 bits per heavy atom. The van der Waals surface area contributed by atoms with E-state index in [9.17, 15) is 19.8 Å². The SMILES string of the molecule is C=CNC(=O)CN=CCC(C)(C=C)/C=C/c1ccc(N2CC(O)CC2C(=O)O)cc1. The topological polar surface area (TPSA) is 102 Å². The van der Waals surface area contributed by atoms with Crippen molar-refractivity contribution in [3.8, 4) is 0 Å². The summed E-state index contributed by atoms with van der Waals surface area (Å²) in [6.45, 7) is 9.70. The number of carbonyl (C=O) groups is 2. The van der Waals surface area contributed by atoms with Crippen molar-refractivity contribution < 1.29 is 19.8 Å². The number of allylic oxidation sites excluding steroid dienone is 2. The first kappa shape index (κ1) is 23.1. The van der Waals surface area contributed by atoms with Crippen LogP contribution in [0.25, 0.3) is 6.08 Å². The number of aliphatic imine (C=N–C) groups is 1. The van der Waals surface area contributed by atoms with E-state index in [1.807, 2.05) is 49.4 Å². The Morgan fingerprint density at radius 3 is 2.63 bits per heavy atom. The van der Waals surface area contributed by atoms with Crippen molar-refractivity contribution in [1.29, 1.82) is 0 Å². The van der Waals surface area contributed by atoms with Crippen molar-refractivity contribution in [3.63, 3.8) is 0 Å². The highest BCUT2D eigenvalue weighted by molar-refractivity contribution is 5.80. The largest absolute Gasteiger partial charge is 0.480 e. The number of hydrogen-bond donors (Lipinski definition) is 3. The zero-order valence-corrected chi connectivity index (χ0v) is 17.2. The second kappa shape index (κ2) is 10.5. The van der Waals surface area contributed by atoms with E-state index in [0.29, 0.717) is 13.0 Å². The minimum absolute atomic E-state index is 0.0486. The van der Waals surface area contributed by atoms with Crippen molar-refractivity contribution in [2.45, 2.75) is 31.9 Å². The predicted octanol–water partition coefficient (Wildman–Crippen LogP) is 2.64. The number of carbonyl (C=O) groups excluding carboxylic acids is 1. The molecular weight excluding hydrogens is 382 g/mol. The molecule has 0 saturated carbocycles. The number of carboxylic acid groups (broad SMARTS) is 1. The van der Waals surface area contributed by atoms with Crippen molar-refractivity contribution in [2.24, 2.45) is 10.4 Å². The lowest BCUT2D eigenvalue weighted by Gasteiger charge is -2.23. The van der Waals surface area contributed by atoms with Gasteiger partial charge in [-0.15, -0.1) is 6.58 Å². The van der Waals surface area contributed by atoms with E-state index in [4.69, 9.17) is 0 Å². The Morgan fingerprint density at radius 1 is 1.33 bits per heavy atom. The maximum atomic E-state index is 11.4. The van der Waals surface area contributed by atoms with E-state index >= 15 is 0 Å². The molecule has 1 fully saturated rings. The third-order valence-electron chi connectivity index (χ3n) is 5.07. The van der Waals surface area contributed by atoms with Gasteiger partial charge >= 0.3 is 5.97 Å². The van der Waals surface area contributed by atoms with E-state index < -0.39 is 18.1 Å². The zero-order valence-electron chi connectivity index (χ0n) is 17.2. The lowest BCUT2D eigenvalue weighted by Crippen LogP contribution is -2.35. The Kier molecular flexibility index (Phi) is 8.12. The summed E-state index contributed by atoms with van der Waals surface area (Å²) in [5.74, 6) is -1.14. The molecule has 160 valence electrons. The average Bonchev–Trinajstić information content (AvgIpc) is 3.12. The molecule has 1 saturated heterocycles. The Labute approximate surface area is 177 Å². The minimum Gasteiger partial charge on any atom is -0.480 e. The lowest BCUT2D eigenvalue weighted by molar-refractivity contribution is -0.138. The molecule has 1 aromatic rings. The second-order valence-corrected chi connectivity index (χ2v) is 7.53. The normalized spacial score (nSPS) is 20.9. The van der Waals surface area contributed by atoms with Gasteiger partial charge in [-0.1, -0.05) is 43.9 Å². The summed E-state index contributed by atoms with van der Waals surface area (Å²) in [7, 11) is 0. The molecule has 7 nitrogen and oxygen atoms in total. The summed E-state index contributed by atoms with van der Waals surface area (Å²) in [6.07, 6.45) is 9.04. The number of carboxylic acids is 1. The van der Waals surface area contributed by atoms with Crippen LogP contribution in [-0.4, -0.2) is 53.5 Å². The van der Waals surface area contributed by atoms with Gasteiger partial charge in [0.1, 0.15) is 12.6 Å². The van der Waals surface area contributed by atoms with Crippen LogP contribution in [0.3, 0.4) is 0 Å². The van der Waals surface area contributed by atoms with Gasteiger partial charge in [-0.3, -0.25) is 9.79 Å². The first-order valence-corrected chi connectivity index (χ1v) is 9.77. The third kappa shape index (κ3) is 6.42. The second-order valence-electron chi connectivity index (χ2n) is 7.53. The highest BCUT2D eigenvalue weighted by Crippen LogP contribution is 2.28. The van der Waals surface area contributed by atoms with E-state index in [-0.39, 0.29) is 24.3 Å². The molecule has 3 atom stereocenters. The van der Waals surface area contributed by atoms with Crippen molar-refractivity contribution in [1.82, 2.24) is 5.32 Å². The highest BCUT2D eigenvalue weighted by Gasteiger charge is 2.35. The number of nitrogens with one attached hydrogen (secondary N) is 1. The maximum Gasteiger partial charge on any atom is 0.326 e. The molecule has 1 aliphatic heterocycles. The molecule has 1 aliphatic rings. The average molecular weight is 412 g/mol. The fourth-order valence-electron chi connectivity index (χ4n) is 3.18. The minimum atomic E-state index is -0.930. The summed E-state index contributed by atoms with van der Waals surface area (Å²) in [5.41, 5.74) is 1.40. The molecule has 2 rings (SSSR count). The van der Waals surface area contributed by atoms with E-state index in [1.165, 1.54) is 6.20 Å². The first-order valence-electron chi connectivity index (χ1n) is 9.77. The lowest BCUT2D eigenvalue weighted by atomic mass is 9.86. The molecule has 3 N–H and O–H groups in total. The molecular formula is C23H29N3O4. The Hall–Kier alpha value is -3.19. The summed E-state index contributed by atoms with van der Waals surface area (Å²) >= 11 is 0. The van der Waals surface area contributed by atoms with Crippen LogP contribution in [0.5, 0.6) is 0 Å². The molecule has 7 heteroatoms. The molecule has 1 heterocycles. The van der Waals surface area contributed by atoms with Crippen LogP contribution >= 0.6 is 0 Å². The first-order chi connectivity index (χ1) is 14.3. The van der Waals surface area contributed by atoms with Crippen LogP contribution in [0.4, 0.5) is 5.69 Å². The Bertz CT molecular complexity index is 831. The van der Waals surface area contributed by atoms with E-state index in [2.05, 4.69) is 23.5 Å². The molecule has 0 aliphatic carbocycles. The van der Waals surface area contributed by atoms with Crippen molar-refractivity contribution >= 4 is 29.9 Å². The third-order valence-corrected chi connectivity index (χ3v) is 5.07. The molecule has 0 radical (unpaired) electrons. The predicted molar refractivity (Wildman–Crippen MR) is 119 cm³/mol. The summed E-state index contributed by atoms with van der Waals surface area (Å²) in [4.78, 5) is 28.6. The van der Waals surface area contributed by atoms with Crippen LogP contribution in [0, 0.1) is 5.41 Å². The summed E-state index contributed by atoms with van der Waals surface area (Å²) < 4.78 is 0. The van der Waals surface area contributed by atoms with Gasteiger partial charge in [0.05, 0.1) is 6.10 Å². The number of anilines is 1. The number of aliphatic carboxylic acids is 1. The van der Waals surface area contributed by atoms with Gasteiger partial charge in [0.2, 0.25) is 5.91 Å². The number of β-amino-alcohol motifs (C(OH)–C–C–N with tert-alkyl or cyclic N) is 1. The standard InChI is InChI=1S/C23H29N3O4/c1-4-23(3,12-13-24-15-21(28)25-5-2)11-10-17-6-8-18(9-7-17)26-16-19(27)14-20(26)22(29)30/h4-11,13,19-20,27H,1-2,12,14-16H2,3H3,(H,25,28)(H,29,30)/b11-10+,24-13?. The molecule has 0 aromatic heterocycles. The van der Waals surface area contributed by atoms with Crippen LogP contribution in [-0.2, 0) is 9.59 Å². The van der Waals surface area contributed by atoms with E-state index in [1.54, 1.807) is 11.1 Å². The van der Waals surface area contributed by atoms with Crippen LogP contribution in [0.1, 0.15) is 25.3 Å². The molecule has 0 spiro atoms. The molecule has 3 unspecified atom stereocenters. The summed E-state index contributed by atoms with van der Waals surface area (Å²) in [6, 6.07) is 6.83.